The van der Waals surface area contributed by atoms with Crippen LogP contribution in [0, 0.1) is 32.1 Å². The molecule has 0 N–H and O–H groups in total. The summed E-state index contributed by atoms with van der Waals surface area (Å²) in [5, 5.41) is 9.37. The zero-order chi connectivity index (χ0) is 17.3. The van der Waals surface area contributed by atoms with E-state index in [1.54, 1.807) is 0 Å². The van der Waals surface area contributed by atoms with E-state index < -0.39 is 5.60 Å². The summed E-state index contributed by atoms with van der Waals surface area (Å²) in [6, 6.07) is 12.5. The van der Waals surface area contributed by atoms with Crippen molar-refractivity contribution in [3.05, 3.63) is 58.1 Å². The summed E-state index contributed by atoms with van der Waals surface area (Å²) in [5.74, 6) is 1.81. The Balaban J connectivity index is 1.96. The highest BCUT2D eigenvalue weighted by Crippen LogP contribution is 2.43. The first-order valence-electron chi connectivity index (χ1n) is 8.35. The summed E-state index contributed by atoms with van der Waals surface area (Å²) < 4.78 is 12.2. The van der Waals surface area contributed by atoms with E-state index in [-0.39, 0.29) is 0 Å². The quantitative estimate of drug-likeness (QED) is 0.815. The second-order valence-corrected chi connectivity index (χ2v) is 6.73. The number of nitrogens with zero attached hydrogens (tertiary/aromatic N) is 1. The molecule has 1 atom stereocenters. The van der Waals surface area contributed by atoms with Crippen molar-refractivity contribution < 1.29 is 9.47 Å². The fourth-order valence-electron chi connectivity index (χ4n) is 3.26. The fraction of sp³-hybridized carbons (Fsp3) is 0.381. The Hall–Kier alpha value is -2.47. The second-order valence-electron chi connectivity index (χ2n) is 6.73. The maximum atomic E-state index is 9.37. The van der Waals surface area contributed by atoms with E-state index in [1.165, 1.54) is 5.56 Å². The van der Waals surface area contributed by atoms with Gasteiger partial charge in [0.05, 0.1) is 0 Å². The van der Waals surface area contributed by atoms with Crippen LogP contribution in [0.4, 0.5) is 0 Å². The van der Waals surface area contributed by atoms with Crippen molar-refractivity contribution in [3.8, 4) is 17.6 Å². The zero-order valence-electron chi connectivity index (χ0n) is 14.8. The van der Waals surface area contributed by atoms with Crippen LogP contribution in [0.5, 0.6) is 11.5 Å². The van der Waals surface area contributed by atoms with Gasteiger partial charge in [0.15, 0.2) is 5.60 Å². The third-order valence-corrected chi connectivity index (χ3v) is 4.95. The van der Waals surface area contributed by atoms with Gasteiger partial charge < -0.3 is 9.47 Å². The van der Waals surface area contributed by atoms with E-state index in [4.69, 9.17) is 9.47 Å². The smallest absolute Gasteiger partial charge is 0.191 e. The maximum absolute atomic E-state index is 9.37. The molecule has 2 aromatic carbocycles. The topological polar surface area (TPSA) is 42.2 Å². The van der Waals surface area contributed by atoms with Crippen LogP contribution in [0.15, 0.2) is 30.3 Å². The van der Waals surface area contributed by atoms with Crippen LogP contribution in [0.1, 0.15) is 41.2 Å². The number of fused-ring (bicyclic) bond motifs is 1. The standard InChI is InChI=1S/C21H23NO2/c1-14-15(2)20-18(10-11-21(4,13-22)24-20)16(3)19(14)23-12-17-8-6-5-7-9-17/h5-9H,10-12H2,1-4H3. The van der Waals surface area contributed by atoms with Crippen molar-refractivity contribution in [1.82, 2.24) is 0 Å². The third-order valence-electron chi connectivity index (χ3n) is 4.95. The number of ether oxygens (including phenoxy) is 2. The van der Waals surface area contributed by atoms with E-state index >= 15 is 0 Å². The zero-order valence-corrected chi connectivity index (χ0v) is 14.8. The molecule has 3 nitrogen and oxygen atoms in total. The van der Waals surface area contributed by atoms with Gasteiger partial charge in [0.2, 0.25) is 0 Å². The van der Waals surface area contributed by atoms with E-state index in [0.29, 0.717) is 13.0 Å². The van der Waals surface area contributed by atoms with Gasteiger partial charge in [-0.3, -0.25) is 0 Å². The Morgan fingerprint density at radius 3 is 2.50 bits per heavy atom. The molecule has 1 aliphatic heterocycles. The van der Waals surface area contributed by atoms with E-state index in [0.717, 1.165) is 40.2 Å². The van der Waals surface area contributed by atoms with Gasteiger partial charge in [0.1, 0.15) is 24.2 Å². The number of benzene rings is 2. The van der Waals surface area contributed by atoms with Gasteiger partial charge in [-0.1, -0.05) is 30.3 Å². The van der Waals surface area contributed by atoms with Crippen LogP contribution < -0.4 is 9.47 Å². The molecule has 1 heterocycles. The molecule has 0 amide bonds. The SMILES string of the molecule is Cc1c(C)c2c(c(C)c1OCc1ccccc1)CCC(C)(C#N)O2. The van der Waals surface area contributed by atoms with Crippen LogP contribution in [-0.4, -0.2) is 5.60 Å². The summed E-state index contributed by atoms with van der Waals surface area (Å²) >= 11 is 0. The predicted molar refractivity (Wildman–Crippen MR) is 94.4 cm³/mol. The second kappa shape index (κ2) is 6.20. The van der Waals surface area contributed by atoms with Gasteiger partial charge in [-0.25, -0.2) is 0 Å². The van der Waals surface area contributed by atoms with Gasteiger partial charge in [0.25, 0.3) is 0 Å². The van der Waals surface area contributed by atoms with Crippen LogP contribution in [0.3, 0.4) is 0 Å². The number of hydrogen-bond donors (Lipinski definition) is 0. The first kappa shape index (κ1) is 16.4. The summed E-state index contributed by atoms with van der Waals surface area (Å²) in [5.41, 5.74) is 4.88. The molecule has 1 aliphatic rings. The number of rotatable bonds is 3. The Morgan fingerprint density at radius 2 is 1.83 bits per heavy atom. The maximum Gasteiger partial charge on any atom is 0.191 e. The van der Waals surface area contributed by atoms with E-state index in [2.05, 4.69) is 32.0 Å². The minimum absolute atomic E-state index is 0.553. The molecule has 0 saturated carbocycles. The average Bonchev–Trinajstić information content (AvgIpc) is 2.60. The summed E-state index contributed by atoms with van der Waals surface area (Å²) in [4.78, 5) is 0. The summed E-state index contributed by atoms with van der Waals surface area (Å²) in [6.45, 7) is 8.61. The molecule has 3 rings (SSSR count). The molecule has 1 unspecified atom stereocenters. The van der Waals surface area contributed by atoms with Crippen molar-refractivity contribution >= 4 is 0 Å². The van der Waals surface area contributed by atoms with Gasteiger partial charge in [0, 0.05) is 12.0 Å². The van der Waals surface area contributed by atoms with Crippen LogP contribution in [-0.2, 0) is 13.0 Å². The van der Waals surface area contributed by atoms with Crippen molar-refractivity contribution in [2.75, 3.05) is 0 Å². The minimum Gasteiger partial charge on any atom is -0.488 e. The molecule has 0 aliphatic carbocycles. The van der Waals surface area contributed by atoms with Crippen LogP contribution >= 0.6 is 0 Å². The molecular formula is C21H23NO2. The summed E-state index contributed by atoms with van der Waals surface area (Å²) in [7, 11) is 0. The molecular weight excluding hydrogens is 298 g/mol. The minimum atomic E-state index is -0.733. The molecule has 0 aromatic heterocycles. The van der Waals surface area contributed by atoms with Crippen molar-refractivity contribution in [1.29, 1.82) is 5.26 Å². The summed E-state index contributed by atoms with van der Waals surface area (Å²) in [6.07, 6.45) is 1.55. The highest BCUT2D eigenvalue weighted by molar-refractivity contribution is 5.59. The lowest BCUT2D eigenvalue weighted by atomic mass is 9.88. The highest BCUT2D eigenvalue weighted by Gasteiger charge is 2.34. The van der Waals surface area contributed by atoms with Gasteiger partial charge in [-0.05, 0) is 56.4 Å². The normalized spacial score (nSPS) is 19.1. The molecule has 0 saturated heterocycles. The Morgan fingerprint density at radius 1 is 1.12 bits per heavy atom. The van der Waals surface area contributed by atoms with Crippen molar-refractivity contribution in [3.63, 3.8) is 0 Å². The molecule has 0 bridgehead atoms. The van der Waals surface area contributed by atoms with Gasteiger partial charge in [-0.2, -0.15) is 5.26 Å². The molecule has 0 fully saturated rings. The lowest BCUT2D eigenvalue weighted by Crippen LogP contribution is -2.35. The molecule has 2 aromatic rings. The van der Waals surface area contributed by atoms with Gasteiger partial charge >= 0.3 is 0 Å². The monoisotopic (exact) mass is 321 g/mol. The lowest BCUT2D eigenvalue weighted by molar-refractivity contribution is 0.120. The first-order chi connectivity index (χ1) is 11.4. The highest BCUT2D eigenvalue weighted by atomic mass is 16.5. The third kappa shape index (κ3) is 2.85. The van der Waals surface area contributed by atoms with E-state index in [9.17, 15) is 5.26 Å². The fourth-order valence-corrected chi connectivity index (χ4v) is 3.26. The first-order valence-corrected chi connectivity index (χ1v) is 8.35. The molecule has 0 spiro atoms. The Kier molecular flexibility index (Phi) is 4.24. The number of hydrogen-bond acceptors (Lipinski definition) is 3. The van der Waals surface area contributed by atoms with Crippen molar-refractivity contribution in [2.45, 2.75) is 52.7 Å². The van der Waals surface area contributed by atoms with Crippen LogP contribution in [0.25, 0.3) is 0 Å². The largest absolute Gasteiger partial charge is 0.488 e. The van der Waals surface area contributed by atoms with Crippen molar-refractivity contribution in [2.24, 2.45) is 0 Å². The van der Waals surface area contributed by atoms with E-state index in [1.807, 2.05) is 32.0 Å². The predicted octanol–water partition coefficient (Wildman–Crippen LogP) is 4.80. The van der Waals surface area contributed by atoms with Gasteiger partial charge in [-0.15, -0.1) is 0 Å². The Bertz CT molecular complexity index is 805. The Labute approximate surface area is 143 Å². The molecule has 124 valence electrons. The lowest BCUT2D eigenvalue weighted by Gasteiger charge is -2.33. The number of nitriles is 1. The molecule has 3 heteroatoms. The average molecular weight is 321 g/mol. The molecule has 24 heavy (non-hydrogen) atoms. The van der Waals surface area contributed by atoms with Crippen LogP contribution in [0.2, 0.25) is 0 Å². The molecule has 0 radical (unpaired) electrons.